The highest BCUT2D eigenvalue weighted by Crippen LogP contribution is 2.19. The monoisotopic (exact) mass is 337 g/mol. The van der Waals surface area contributed by atoms with Crippen LogP contribution in [0.4, 0.5) is 0 Å². The minimum atomic E-state index is -0.210. The molecule has 0 saturated heterocycles. The van der Waals surface area contributed by atoms with Crippen molar-refractivity contribution in [2.75, 3.05) is 0 Å². The van der Waals surface area contributed by atoms with Gasteiger partial charge < -0.3 is 4.98 Å². The number of pyridine rings is 1. The van der Waals surface area contributed by atoms with E-state index in [0.717, 1.165) is 36.2 Å². The Bertz CT molecular complexity index is 1090. The van der Waals surface area contributed by atoms with Gasteiger partial charge in [0.05, 0.1) is 0 Å². The van der Waals surface area contributed by atoms with Crippen molar-refractivity contribution in [2.45, 2.75) is 39.7 Å². The summed E-state index contributed by atoms with van der Waals surface area (Å²) in [6, 6.07) is 3.65. The maximum atomic E-state index is 12.9. The van der Waals surface area contributed by atoms with Gasteiger partial charge in [0.15, 0.2) is 17.1 Å². The first-order valence-corrected chi connectivity index (χ1v) is 8.45. The van der Waals surface area contributed by atoms with Gasteiger partial charge in [-0.2, -0.15) is 4.52 Å². The van der Waals surface area contributed by atoms with E-state index in [1.54, 1.807) is 17.0 Å². The summed E-state index contributed by atoms with van der Waals surface area (Å²) in [7, 11) is 0. The number of H-pyrrole nitrogens is 1. The number of imidazole rings is 1. The largest absolute Gasteiger partial charge is 0.352 e. The molecule has 0 fully saturated rings. The van der Waals surface area contributed by atoms with E-state index in [4.69, 9.17) is 0 Å². The zero-order valence-corrected chi connectivity index (χ0v) is 14.2. The summed E-state index contributed by atoms with van der Waals surface area (Å²) in [6.45, 7) is 4.63. The van der Waals surface area contributed by atoms with Gasteiger partial charge in [0.1, 0.15) is 11.3 Å². The number of hydrogen-bond donors (Lipinski definition) is 1. The molecule has 128 valence electrons. The first-order valence-electron chi connectivity index (χ1n) is 8.45. The predicted octanol–water partition coefficient (Wildman–Crippen LogP) is 2.33. The molecule has 0 spiro atoms. The Kier molecular flexibility index (Phi) is 3.79. The van der Waals surface area contributed by atoms with E-state index in [0.29, 0.717) is 23.7 Å². The summed E-state index contributed by atoms with van der Waals surface area (Å²) in [5.74, 6) is 1.25. The minimum Gasteiger partial charge on any atom is -0.338 e. The molecule has 0 amide bonds. The molecule has 1 N–H and O–H groups in total. The number of unbranched alkanes of at least 4 members (excludes halogenated alkanes) is 2. The molecule has 4 aromatic heterocycles. The van der Waals surface area contributed by atoms with Crippen LogP contribution in [-0.4, -0.2) is 34.1 Å². The van der Waals surface area contributed by atoms with Crippen molar-refractivity contribution in [1.82, 2.24) is 34.1 Å². The first-order chi connectivity index (χ1) is 12.2. The summed E-state index contributed by atoms with van der Waals surface area (Å²) in [6.07, 6.45) is 6.44. The molecule has 4 heterocycles. The molecule has 4 aromatic rings. The van der Waals surface area contributed by atoms with Crippen molar-refractivity contribution >= 4 is 16.8 Å². The highest BCUT2D eigenvalue weighted by Gasteiger charge is 2.18. The summed E-state index contributed by atoms with van der Waals surface area (Å²) in [5, 5.41) is 4.43. The molecule has 0 bridgehead atoms. The van der Waals surface area contributed by atoms with E-state index < -0.39 is 0 Å². The molecule has 0 aliphatic heterocycles. The molecule has 0 aliphatic rings. The van der Waals surface area contributed by atoms with Gasteiger partial charge in [-0.15, -0.1) is 5.10 Å². The van der Waals surface area contributed by atoms with Crippen molar-refractivity contribution in [1.29, 1.82) is 0 Å². The van der Waals surface area contributed by atoms with Gasteiger partial charge in [-0.05, 0) is 25.5 Å². The molecule has 0 unspecified atom stereocenters. The van der Waals surface area contributed by atoms with Gasteiger partial charge in [0.2, 0.25) is 0 Å². The van der Waals surface area contributed by atoms with Crippen molar-refractivity contribution in [3.05, 3.63) is 40.8 Å². The molecule has 0 atom stereocenters. The molecule has 25 heavy (non-hydrogen) atoms. The number of hydrogen-bond acceptors (Lipinski definition) is 5. The van der Waals surface area contributed by atoms with Gasteiger partial charge in [0.25, 0.3) is 0 Å². The SMILES string of the molecule is CCCCCn1c(=O)n2nc(-c3ccncc3)nc2c2[nH]c(C)nc21. The second-order valence-corrected chi connectivity index (χ2v) is 6.07. The normalized spacial score (nSPS) is 11.6. The first kappa shape index (κ1) is 15.5. The second-order valence-electron chi connectivity index (χ2n) is 6.07. The summed E-state index contributed by atoms with van der Waals surface area (Å²) in [4.78, 5) is 29.2. The van der Waals surface area contributed by atoms with Gasteiger partial charge in [-0.25, -0.2) is 14.8 Å². The van der Waals surface area contributed by atoms with Gasteiger partial charge >= 0.3 is 5.69 Å². The predicted molar refractivity (Wildman–Crippen MR) is 94.4 cm³/mol. The van der Waals surface area contributed by atoms with Gasteiger partial charge in [0, 0.05) is 24.5 Å². The molecule has 8 nitrogen and oxygen atoms in total. The molecule has 0 aliphatic carbocycles. The van der Waals surface area contributed by atoms with Crippen LogP contribution in [-0.2, 0) is 6.54 Å². The Balaban J connectivity index is 1.96. The lowest BCUT2D eigenvalue weighted by atomic mass is 10.2. The third-order valence-electron chi connectivity index (χ3n) is 4.23. The topological polar surface area (TPSA) is 93.8 Å². The summed E-state index contributed by atoms with van der Waals surface area (Å²) in [5.41, 5.74) is 2.48. The maximum Gasteiger partial charge on any atom is 0.352 e. The van der Waals surface area contributed by atoms with Crippen LogP contribution in [0.15, 0.2) is 29.3 Å². The van der Waals surface area contributed by atoms with Crippen molar-refractivity contribution < 1.29 is 0 Å². The summed E-state index contributed by atoms with van der Waals surface area (Å²) < 4.78 is 3.05. The second kappa shape index (κ2) is 6.12. The van der Waals surface area contributed by atoms with Crippen LogP contribution >= 0.6 is 0 Å². The zero-order valence-electron chi connectivity index (χ0n) is 14.2. The fourth-order valence-corrected chi connectivity index (χ4v) is 2.99. The summed E-state index contributed by atoms with van der Waals surface area (Å²) >= 11 is 0. The Labute approximate surface area is 143 Å². The fourth-order valence-electron chi connectivity index (χ4n) is 2.99. The number of aryl methyl sites for hydroxylation is 2. The lowest BCUT2D eigenvalue weighted by Crippen LogP contribution is -2.28. The molecular weight excluding hydrogens is 318 g/mol. The molecule has 0 radical (unpaired) electrons. The van der Waals surface area contributed by atoms with Crippen LogP contribution in [0.5, 0.6) is 0 Å². The number of rotatable bonds is 5. The van der Waals surface area contributed by atoms with Crippen molar-refractivity contribution in [3.63, 3.8) is 0 Å². The highest BCUT2D eigenvalue weighted by atomic mass is 16.2. The number of aromatic amines is 1. The third kappa shape index (κ3) is 2.59. The highest BCUT2D eigenvalue weighted by molar-refractivity contribution is 5.86. The lowest BCUT2D eigenvalue weighted by molar-refractivity contribution is 0.579. The molecular formula is C17H19N7O. The van der Waals surface area contributed by atoms with Crippen LogP contribution in [0.25, 0.3) is 28.2 Å². The van der Waals surface area contributed by atoms with E-state index in [2.05, 4.69) is 32.0 Å². The Morgan fingerprint density at radius 1 is 1.12 bits per heavy atom. The van der Waals surface area contributed by atoms with Crippen LogP contribution < -0.4 is 5.69 Å². The minimum absolute atomic E-state index is 0.210. The lowest BCUT2D eigenvalue weighted by Gasteiger charge is -2.06. The number of nitrogens with one attached hydrogen (secondary N) is 1. The smallest absolute Gasteiger partial charge is 0.338 e. The van der Waals surface area contributed by atoms with Crippen molar-refractivity contribution in [2.24, 2.45) is 0 Å². The Morgan fingerprint density at radius 3 is 2.68 bits per heavy atom. The van der Waals surface area contributed by atoms with E-state index in [9.17, 15) is 4.79 Å². The van der Waals surface area contributed by atoms with E-state index in [1.807, 2.05) is 19.1 Å². The van der Waals surface area contributed by atoms with Crippen LogP contribution in [0.1, 0.15) is 32.0 Å². The zero-order chi connectivity index (χ0) is 17.4. The Morgan fingerprint density at radius 2 is 1.92 bits per heavy atom. The van der Waals surface area contributed by atoms with Gasteiger partial charge in [-0.1, -0.05) is 19.8 Å². The van der Waals surface area contributed by atoms with Crippen LogP contribution in [0.2, 0.25) is 0 Å². The molecule has 0 saturated carbocycles. The molecule has 8 heteroatoms. The number of aromatic nitrogens is 7. The fraction of sp³-hybridized carbons (Fsp3) is 0.353. The molecule has 0 aromatic carbocycles. The van der Waals surface area contributed by atoms with E-state index in [1.165, 1.54) is 4.52 Å². The average molecular weight is 337 g/mol. The van der Waals surface area contributed by atoms with Gasteiger partial charge in [-0.3, -0.25) is 9.55 Å². The van der Waals surface area contributed by atoms with E-state index >= 15 is 0 Å². The van der Waals surface area contributed by atoms with Crippen LogP contribution in [0.3, 0.4) is 0 Å². The number of fused-ring (bicyclic) bond motifs is 3. The van der Waals surface area contributed by atoms with Crippen LogP contribution in [0, 0.1) is 6.92 Å². The molecule has 4 rings (SSSR count). The van der Waals surface area contributed by atoms with Crippen molar-refractivity contribution in [3.8, 4) is 11.4 Å². The maximum absolute atomic E-state index is 12.9. The third-order valence-corrected chi connectivity index (χ3v) is 4.23. The Hall–Kier alpha value is -3.03. The average Bonchev–Trinajstić information content (AvgIpc) is 3.22. The standard InChI is InChI=1S/C17H19N7O/c1-3-4-5-10-23-15-13(19-11(2)20-15)16-21-14(22-24(16)17(23)25)12-6-8-18-9-7-12/h6-9H,3-5,10H2,1-2H3,(H,19,20). The number of nitrogens with zero attached hydrogens (tertiary/aromatic N) is 6. The quantitative estimate of drug-likeness (QED) is 0.564. The van der Waals surface area contributed by atoms with E-state index in [-0.39, 0.29) is 5.69 Å².